The summed E-state index contributed by atoms with van der Waals surface area (Å²) in [5, 5.41) is 5.23. The Morgan fingerprint density at radius 3 is 2.43 bits per heavy atom. The van der Waals surface area contributed by atoms with Gasteiger partial charge in [-0.05, 0) is 12.0 Å². The van der Waals surface area contributed by atoms with E-state index in [1.165, 1.54) is 5.56 Å². The highest BCUT2D eigenvalue weighted by molar-refractivity contribution is 6.31. The Balaban J connectivity index is 2.26. The average molecular weight is 306 g/mol. The molecule has 2 rings (SSSR count). The van der Waals surface area contributed by atoms with Crippen LogP contribution in [0.1, 0.15) is 37.7 Å². The number of hydrogen-bond donors (Lipinski definition) is 1. The van der Waals surface area contributed by atoms with Crippen molar-refractivity contribution in [3.8, 4) is 0 Å². The molecule has 0 amide bonds. The molecule has 1 aromatic carbocycles. The summed E-state index contributed by atoms with van der Waals surface area (Å²) in [5.41, 5.74) is 9.58. The summed E-state index contributed by atoms with van der Waals surface area (Å²) in [6.45, 7) is 6.42. The number of aryl methyl sites for hydroxylation is 2. The molecule has 2 N–H and O–H groups in total. The number of nitrogens with two attached hydrogens (primary N) is 1. The maximum Gasteiger partial charge on any atom is 0.0850 e. The Bertz CT molecular complexity index is 602. The van der Waals surface area contributed by atoms with E-state index in [1.54, 1.807) is 0 Å². The highest BCUT2D eigenvalue weighted by Gasteiger charge is 2.30. The summed E-state index contributed by atoms with van der Waals surface area (Å²) in [4.78, 5) is 0. The maximum atomic E-state index is 6.50. The van der Waals surface area contributed by atoms with Crippen LogP contribution in [-0.2, 0) is 25.3 Å². The van der Waals surface area contributed by atoms with Crippen molar-refractivity contribution in [2.24, 2.45) is 12.8 Å². The Hall–Kier alpha value is -1.32. The van der Waals surface area contributed by atoms with Crippen LogP contribution in [-0.4, -0.2) is 15.8 Å². The van der Waals surface area contributed by atoms with E-state index < -0.39 is 0 Å². The molecular formula is C17H24ClN3. The molecule has 1 atom stereocenters. The lowest BCUT2D eigenvalue weighted by Gasteiger charge is -2.32. The fourth-order valence-electron chi connectivity index (χ4n) is 2.59. The molecule has 2 aromatic rings. The Morgan fingerprint density at radius 1 is 1.29 bits per heavy atom. The first-order chi connectivity index (χ1) is 9.87. The summed E-state index contributed by atoms with van der Waals surface area (Å²) in [5.74, 6) is 0. The van der Waals surface area contributed by atoms with Crippen LogP contribution >= 0.6 is 11.6 Å². The molecule has 21 heavy (non-hydrogen) atoms. The van der Waals surface area contributed by atoms with Crippen LogP contribution < -0.4 is 5.73 Å². The van der Waals surface area contributed by atoms with Gasteiger partial charge in [0.05, 0.1) is 16.4 Å². The van der Waals surface area contributed by atoms with Gasteiger partial charge in [-0.1, -0.05) is 62.7 Å². The Labute approximate surface area is 132 Å². The lowest BCUT2D eigenvalue weighted by Crippen LogP contribution is -2.42. The molecule has 0 saturated heterocycles. The van der Waals surface area contributed by atoms with E-state index in [2.05, 4.69) is 50.1 Å². The third kappa shape index (κ3) is 3.14. The zero-order valence-electron chi connectivity index (χ0n) is 13.2. The monoisotopic (exact) mass is 305 g/mol. The first-order valence-corrected chi connectivity index (χ1v) is 7.77. The SMILES string of the molecule is CCc1nn(C)c(CC(N)C(C)(C)c2ccccc2)c1Cl. The molecular weight excluding hydrogens is 282 g/mol. The second-order valence-corrected chi connectivity index (χ2v) is 6.46. The number of hydrogen-bond acceptors (Lipinski definition) is 2. The normalized spacial score (nSPS) is 13.4. The molecule has 0 radical (unpaired) electrons. The van der Waals surface area contributed by atoms with Gasteiger partial charge in [-0.2, -0.15) is 5.10 Å². The minimum absolute atomic E-state index is 0.0301. The van der Waals surface area contributed by atoms with Crippen LogP contribution in [0.4, 0.5) is 0 Å². The Kier molecular flexibility index (Phi) is 4.74. The van der Waals surface area contributed by atoms with Crippen molar-refractivity contribution in [3.63, 3.8) is 0 Å². The number of nitrogens with zero attached hydrogens (tertiary/aromatic N) is 2. The van der Waals surface area contributed by atoms with Gasteiger partial charge in [0.1, 0.15) is 0 Å². The molecule has 0 fully saturated rings. The van der Waals surface area contributed by atoms with Gasteiger partial charge in [0.2, 0.25) is 0 Å². The molecule has 114 valence electrons. The van der Waals surface area contributed by atoms with E-state index in [-0.39, 0.29) is 11.5 Å². The number of rotatable bonds is 5. The first-order valence-electron chi connectivity index (χ1n) is 7.39. The lowest BCUT2D eigenvalue weighted by atomic mass is 9.76. The predicted molar refractivity (Wildman–Crippen MR) is 88.7 cm³/mol. The van der Waals surface area contributed by atoms with Crippen LogP contribution in [0, 0.1) is 0 Å². The van der Waals surface area contributed by atoms with Gasteiger partial charge in [-0.3, -0.25) is 4.68 Å². The van der Waals surface area contributed by atoms with Crippen LogP contribution in [0.25, 0.3) is 0 Å². The second kappa shape index (κ2) is 6.20. The third-order valence-electron chi connectivity index (χ3n) is 4.36. The molecule has 0 bridgehead atoms. The smallest absolute Gasteiger partial charge is 0.0850 e. The minimum Gasteiger partial charge on any atom is -0.327 e. The van der Waals surface area contributed by atoms with Crippen molar-refractivity contribution in [2.75, 3.05) is 0 Å². The van der Waals surface area contributed by atoms with Gasteiger partial charge >= 0.3 is 0 Å². The zero-order chi connectivity index (χ0) is 15.6. The molecule has 0 aliphatic heterocycles. The number of halogens is 1. The van der Waals surface area contributed by atoms with Gasteiger partial charge in [-0.15, -0.1) is 0 Å². The molecule has 3 nitrogen and oxygen atoms in total. The van der Waals surface area contributed by atoms with Crippen molar-refractivity contribution >= 4 is 11.6 Å². The number of aromatic nitrogens is 2. The highest BCUT2D eigenvalue weighted by Crippen LogP contribution is 2.30. The average Bonchev–Trinajstić information content (AvgIpc) is 2.75. The van der Waals surface area contributed by atoms with E-state index >= 15 is 0 Å². The maximum absolute atomic E-state index is 6.50. The number of benzene rings is 1. The molecule has 0 aliphatic carbocycles. The van der Waals surface area contributed by atoms with Crippen LogP contribution in [0.3, 0.4) is 0 Å². The van der Waals surface area contributed by atoms with Crippen molar-refractivity contribution < 1.29 is 0 Å². The molecule has 1 heterocycles. The van der Waals surface area contributed by atoms with Crippen molar-refractivity contribution in [1.82, 2.24) is 9.78 Å². The van der Waals surface area contributed by atoms with Crippen molar-refractivity contribution in [1.29, 1.82) is 0 Å². The summed E-state index contributed by atoms with van der Waals surface area (Å²) in [6, 6.07) is 10.4. The minimum atomic E-state index is -0.124. The zero-order valence-corrected chi connectivity index (χ0v) is 14.0. The van der Waals surface area contributed by atoms with E-state index in [9.17, 15) is 0 Å². The van der Waals surface area contributed by atoms with Gasteiger partial charge in [0, 0.05) is 24.9 Å². The largest absolute Gasteiger partial charge is 0.327 e. The summed E-state index contributed by atoms with van der Waals surface area (Å²) in [7, 11) is 1.93. The summed E-state index contributed by atoms with van der Waals surface area (Å²) >= 11 is 6.43. The van der Waals surface area contributed by atoms with Crippen LogP contribution in [0.15, 0.2) is 30.3 Å². The standard InChI is InChI=1S/C17H24ClN3/c1-5-13-16(18)14(21(4)20-13)11-15(19)17(2,3)12-9-7-6-8-10-12/h6-10,15H,5,11,19H2,1-4H3. The molecule has 1 unspecified atom stereocenters. The second-order valence-electron chi connectivity index (χ2n) is 6.08. The first kappa shape index (κ1) is 16.1. The molecule has 4 heteroatoms. The summed E-state index contributed by atoms with van der Waals surface area (Å²) < 4.78 is 1.86. The van der Waals surface area contributed by atoms with Crippen molar-refractivity contribution in [3.05, 3.63) is 52.3 Å². The summed E-state index contributed by atoms with van der Waals surface area (Å²) in [6.07, 6.45) is 1.55. The fourth-order valence-corrected chi connectivity index (χ4v) is 2.96. The highest BCUT2D eigenvalue weighted by atomic mass is 35.5. The van der Waals surface area contributed by atoms with E-state index in [0.29, 0.717) is 6.42 Å². The quantitative estimate of drug-likeness (QED) is 0.919. The van der Waals surface area contributed by atoms with Crippen LogP contribution in [0.5, 0.6) is 0 Å². The van der Waals surface area contributed by atoms with E-state index in [4.69, 9.17) is 17.3 Å². The van der Waals surface area contributed by atoms with Crippen LogP contribution in [0.2, 0.25) is 5.02 Å². The molecule has 0 saturated carbocycles. The third-order valence-corrected chi connectivity index (χ3v) is 4.80. The molecule has 0 spiro atoms. The van der Waals surface area contributed by atoms with Gasteiger partial charge in [-0.25, -0.2) is 0 Å². The van der Waals surface area contributed by atoms with Gasteiger partial charge < -0.3 is 5.73 Å². The molecule has 1 aromatic heterocycles. The lowest BCUT2D eigenvalue weighted by molar-refractivity contribution is 0.399. The van der Waals surface area contributed by atoms with Gasteiger partial charge in [0.25, 0.3) is 0 Å². The fraction of sp³-hybridized carbons (Fsp3) is 0.471. The Morgan fingerprint density at radius 2 is 1.90 bits per heavy atom. The molecule has 0 aliphatic rings. The predicted octanol–water partition coefficient (Wildman–Crippen LogP) is 3.48. The van der Waals surface area contributed by atoms with Gasteiger partial charge in [0.15, 0.2) is 0 Å². The topological polar surface area (TPSA) is 43.8 Å². The van der Waals surface area contributed by atoms with E-state index in [0.717, 1.165) is 22.8 Å². The van der Waals surface area contributed by atoms with E-state index in [1.807, 2.05) is 17.8 Å². The van der Waals surface area contributed by atoms with Crippen molar-refractivity contribution in [2.45, 2.75) is 45.1 Å².